The van der Waals surface area contributed by atoms with Crippen molar-refractivity contribution in [2.75, 3.05) is 13.2 Å². The zero-order valence-electron chi connectivity index (χ0n) is 18.9. The minimum absolute atomic E-state index is 0.133. The van der Waals surface area contributed by atoms with Gasteiger partial charge in [-0.3, -0.25) is 4.79 Å². The monoisotopic (exact) mass is 441 g/mol. The number of hydrogen-bond acceptors (Lipinski definition) is 5. The molecule has 0 atom stereocenters. The van der Waals surface area contributed by atoms with Crippen molar-refractivity contribution >= 4 is 11.7 Å². The molecule has 33 heavy (non-hydrogen) atoms. The van der Waals surface area contributed by atoms with E-state index >= 15 is 0 Å². The summed E-state index contributed by atoms with van der Waals surface area (Å²) in [6.07, 6.45) is 2.42. The van der Waals surface area contributed by atoms with Crippen molar-refractivity contribution in [2.45, 2.75) is 26.8 Å². The van der Waals surface area contributed by atoms with Crippen LogP contribution in [0.2, 0.25) is 0 Å². The third kappa shape index (κ3) is 5.26. The number of para-hydroxylation sites is 1. The fraction of sp³-hybridized carbons (Fsp3) is 0.231. The lowest BCUT2D eigenvalue weighted by Gasteiger charge is -2.23. The van der Waals surface area contributed by atoms with Gasteiger partial charge < -0.3 is 9.64 Å². The van der Waals surface area contributed by atoms with Gasteiger partial charge in [-0.1, -0.05) is 61.2 Å². The Morgan fingerprint density at radius 1 is 1.09 bits per heavy atom. The third-order valence-corrected chi connectivity index (χ3v) is 5.30. The maximum Gasteiger partial charge on any atom is 0.293 e. The van der Waals surface area contributed by atoms with Crippen LogP contribution in [0.1, 0.15) is 33.1 Å². The highest BCUT2D eigenvalue weighted by molar-refractivity contribution is 5.91. The minimum Gasteiger partial charge on any atom is -0.489 e. The van der Waals surface area contributed by atoms with Gasteiger partial charge in [-0.15, -0.1) is 5.10 Å². The van der Waals surface area contributed by atoms with Crippen LogP contribution in [0.25, 0.3) is 5.78 Å². The second-order valence-electron chi connectivity index (χ2n) is 7.86. The van der Waals surface area contributed by atoms with Crippen molar-refractivity contribution < 1.29 is 9.53 Å². The predicted octanol–water partition coefficient (Wildman–Crippen LogP) is 4.19. The lowest BCUT2D eigenvalue weighted by atomic mass is 10.1. The number of fused-ring (bicyclic) bond motifs is 1. The number of benzene rings is 2. The van der Waals surface area contributed by atoms with E-state index in [1.54, 1.807) is 15.5 Å². The fourth-order valence-electron chi connectivity index (χ4n) is 3.69. The number of rotatable bonds is 9. The molecule has 0 bridgehead atoms. The van der Waals surface area contributed by atoms with E-state index in [1.807, 2.05) is 62.4 Å². The lowest BCUT2D eigenvalue weighted by Crippen LogP contribution is -2.33. The van der Waals surface area contributed by atoms with E-state index in [4.69, 9.17) is 4.74 Å². The molecule has 4 rings (SSSR count). The number of carbonyl (C=O) groups excluding carboxylic acids is 1. The summed E-state index contributed by atoms with van der Waals surface area (Å²) in [6, 6.07) is 19.7. The summed E-state index contributed by atoms with van der Waals surface area (Å²) < 4.78 is 7.42. The first kappa shape index (κ1) is 22.2. The van der Waals surface area contributed by atoms with Gasteiger partial charge in [0.2, 0.25) is 5.82 Å². The van der Waals surface area contributed by atoms with Crippen LogP contribution in [-0.2, 0) is 13.0 Å². The molecule has 4 aromatic rings. The van der Waals surface area contributed by atoms with E-state index in [9.17, 15) is 4.79 Å². The van der Waals surface area contributed by atoms with Crippen LogP contribution in [0.3, 0.4) is 0 Å². The normalized spacial score (nSPS) is 10.8. The Hall–Kier alpha value is -4.00. The highest BCUT2D eigenvalue weighted by Gasteiger charge is 2.23. The second-order valence-corrected chi connectivity index (χ2v) is 7.86. The topological polar surface area (TPSA) is 72.6 Å². The number of hydrogen-bond donors (Lipinski definition) is 0. The summed E-state index contributed by atoms with van der Waals surface area (Å²) in [5, 5.41) is 4.45. The van der Waals surface area contributed by atoms with Gasteiger partial charge in [-0.2, -0.15) is 4.98 Å². The zero-order valence-corrected chi connectivity index (χ0v) is 18.9. The van der Waals surface area contributed by atoms with Crippen molar-refractivity contribution in [3.8, 4) is 5.75 Å². The SMILES string of the molecule is C=CCOc1ccccc1CN(CCc1ccccc1)C(=O)c1nc2nc(C)cc(C)n2n1. The predicted molar refractivity (Wildman–Crippen MR) is 127 cm³/mol. The molecule has 7 nitrogen and oxygen atoms in total. The van der Waals surface area contributed by atoms with Crippen molar-refractivity contribution in [1.29, 1.82) is 0 Å². The van der Waals surface area contributed by atoms with Crippen molar-refractivity contribution in [3.63, 3.8) is 0 Å². The Morgan fingerprint density at radius 3 is 2.64 bits per heavy atom. The molecule has 2 aromatic heterocycles. The van der Waals surface area contributed by atoms with Crippen molar-refractivity contribution in [2.24, 2.45) is 0 Å². The Kier molecular flexibility index (Phi) is 6.78. The van der Waals surface area contributed by atoms with Crippen LogP contribution in [-0.4, -0.2) is 43.5 Å². The number of carbonyl (C=O) groups is 1. The Bertz CT molecular complexity index is 1270. The molecular weight excluding hydrogens is 414 g/mol. The minimum atomic E-state index is -0.244. The van der Waals surface area contributed by atoms with E-state index in [0.29, 0.717) is 31.9 Å². The second kappa shape index (κ2) is 10.1. The van der Waals surface area contributed by atoms with Gasteiger partial charge in [0.1, 0.15) is 12.4 Å². The molecule has 0 N–H and O–H groups in total. The number of aromatic nitrogens is 4. The molecule has 0 radical (unpaired) electrons. The summed E-state index contributed by atoms with van der Waals surface area (Å²) in [4.78, 5) is 24.2. The van der Waals surface area contributed by atoms with Crippen LogP contribution in [0.5, 0.6) is 5.75 Å². The smallest absolute Gasteiger partial charge is 0.293 e. The number of amides is 1. The van der Waals surface area contributed by atoms with Crippen molar-refractivity contribution in [1.82, 2.24) is 24.5 Å². The lowest BCUT2D eigenvalue weighted by molar-refractivity contribution is 0.0731. The molecule has 0 aliphatic heterocycles. The first-order valence-corrected chi connectivity index (χ1v) is 10.9. The average Bonchev–Trinajstić information content (AvgIpc) is 3.26. The summed E-state index contributed by atoms with van der Waals surface area (Å²) >= 11 is 0. The molecule has 7 heteroatoms. The molecule has 0 saturated heterocycles. The molecule has 0 spiro atoms. The van der Waals surface area contributed by atoms with Gasteiger partial charge in [-0.05, 0) is 38.0 Å². The molecular formula is C26H27N5O2. The van der Waals surface area contributed by atoms with E-state index in [-0.39, 0.29) is 11.7 Å². The third-order valence-electron chi connectivity index (χ3n) is 5.30. The highest BCUT2D eigenvalue weighted by atomic mass is 16.5. The zero-order chi connectivity index (χ0) is 23.2. The van der Waals surface area contributed by atoms with Crippen LogP contribution in [0, 0.1) is 13.8 Å². The summed E-state index contributed by atoms with van der Waals surface area (Å²) in [6.45, 7) is 8.82. The summed E-state index contributed by atoms with van der Waals surface area (Å²) in [7, 11) is 0. The number of nitrogens with zero attached hydrogens (tertiary/aromatic N) is 5. The molecule has 2 heterocycles. The summed E-state index contributed by atoms with van der Waals surface area (Å²) in [5.41, 5.74) is 3.78. The van der Waals surface area contributed by atoms with E-state index < -0.39 is 0 Å². The van der Waals surface area contributed by atoms with E-state index in [2.05, 4.69) is 33.8 Å². The molecule has 0 aliphatic rings. The molecule has 0 saturated carbocycles. The fourth-order valence-corrected chi connectivity index (χ4v) is 3.69. The Labute approximate surface area is 193 Å². The molecule has 0 aliphatic carbocycles. The standard InChI is InChI=1S/C26H27N5O2/c1-4-16-33-23-13-9-8-12-22(23)18-30(15-14-21-10-6-5-7-11-21)25(32)24-28-26-27-19(2)17-20(3)31(26)29-24/h4-13,17H,1,14-16,18H2,2-3H3. The molecule has 2 aromatic carbocycles. The van der Waals surface area contributed by atoms with Gasteiger partial charge in [-0.25, -0.2) is 9.50 Å². The first-order chi connectivity index (χ1) is 16.0. The van der Waals surface area contributed by atoms with Crippen LogP contribution in [0.15, 0.2) is 73.3 Å². The quantitative estimate of drug-likeness (QED) is 0.364. The molecule has 0 fully saturated rings. The Balaban J connectivity index is 1.64. The van der Waals surface area contributed by atoms with Crippen molar-refractivity contribution in [3.05, 3.63) is 102 Å². The first-order valence-electron chi connectivity index (χ1n) is 10.9. The maximum absolute atomic E-state index is 13.6. The van der Waals surface area contributed by atoms with E-state index in [0.717, 1.165) is 28.3 Å². The average molecular weight is 442 g/mol. The van der Waals surface area contributed by atoms with Gasteiger partial charge in [0.25, 0.3) is 11.7 Å². The van der Waals surface area contributed by atoms with Gasteiger partial charge >= 0.3 is 0 Å². The van der Waals surface area contributed by atoms with Gasteiger partial charge in [0.05, 0.1) is 0 Å². The molecule has 1 amide bonds. The highest BCUT2D eigenvalue weighted by Crippen LogP contribution is 2.21. The largest absolute Gasteiger partial charge is 0.489 e. The van der Waals surface area contributed by atoms with Gasteiger partial charge in [0, 0.05) is 30.0 Å². The Morgan fingerprint density at radius 2 is 1.85 bits per heavy atom. The van der Waals surface area contributed by atoms with E-state index in [1.165, 1.54) is 0 Å². The van der Waals surface area contributed by atoms with Crippen LogP contribution >= 0.6 is 0 Å². The maximum atomic E-state index is 13.6. The molecule has 168 valence electrons. The van der Waals surface area contributed by atoms with Gasteiger partial charge in [0.15, 0.2) is 0 Å². The van der Waals surface area contributed by atoms with Crippen LogP contribution in [0.4, 0.5) is 0 Å². The molecule has 0 unspecified atom stereocenters. The number of aryl methyl sites for hydroxylation is 2. The number of ether oxygens (including phenoxy) is 1. The van der Waals surface area contributed by atoms with Crippen LogP contribution < -0.4 is 4.74 Å². The summed E-state index contributed by atoms with van der Waals surface area (Å²) in [5.74, 6) is 1.04.